The van der Waals surface area contributed by atoms with E-state index in [4.69, 9.17) is 5.73 Å². The van der Waals surface area contributed by atoms with Crippen LogP contribution >= 0.6 is 0 Å². The standard InChI is InChI=1S/C23H26FN3O2/c24-21-9-6-17(7-10-21)8-11-22(28)26-14-18-3-1-4-19(13-18)15-27-12-2-5-20(16-27)23(25)29/h1,3-4,6-11,13,20H,2,5,12,14-16H2,(H2,25,29)(H,26,28). The van der Waals surface area contributed by atoms with Gasteiger partial charge in [0.2, 0.25) is 11.8 Å². The van der Waals surface area contributed by atoms with E-state index in [1.807, 2.05) is 18.2 Å². The van der Waals surface area contributed by atoms with Crippen molar-refractivity contribution >= 4 is 17.9 Å². The lowest BCUT2D eigenvalue weighted by molar-refractivity contribution is -0.123. The van der Waals surface area contributed by atoms with E-state index in [0.717, 1.165) is 42.6 Å². The van der Waals surface area contributed by atoms with Crippen LogP contribution in [-0.4, -0.2) is 29.8 Å². The molecule has 0 radical (unpaired) electrons. The summed E-state index contributed by atoms with van der Waals surface area (Å²) < 4.78 is 12.9. The molecule has 0 aliphatic carbocycles. The molecule has 6 heteroatoms. The smallest absolute Gasteiger partial charge is 0.244 e. The van der Waals surface area contributed by atoms with Gasteiger partial charge in [-0.05, 0) is 54.3 Å². The second-order valence-corrected chi connectivity index (χ2v) is 7.40. The zero-order chi connectivity index (χ0) is 20.6. The Bertz CT molecular complexity index is 880. The Balaban J connectivity index is 1.51. The third-order valence-corrected chi connectivity index (χ3v) is 5.07. The van der Waals surface area contributed by atoms with Crippen LogP contribution in [0.2, 0.25) is 0 Å². The van der Waals surface area contributed by atoms with Crippen molar-refractivity contribution in [2.45, 2.75) is 25.9 Å². The number of hydrogen-bond donors (Lipinski definition) is 2. The second kappa shape index (κ2) is 9.98. The van der Waals surface area contributed by atoms with Crippen LogP contribution < -0.4 is 11.1 Å². The summed E-state index contributed by atoms with van der Waals surface area (Å²) in [5, 5.41) is 2.86. The van der Waals surface area contributed by atoms with Crippen molar-refractivity contribution in [3.8, 4) is 0 Å². The molecule has 1 fully saturated rings. The average Bonchev–Trinajstić information content (AvgIpc) is 2.72. The van der Waals surface area contributed by atoms with Crippen molar-refractivity contribution in [3.63, 3.8) is 0 Å². The van der Waals surface area contributed by atoms with Crippen molar-refractivity contribution in [1.29, 1.82) is 0 Å². The number of hydrogen-bond acceptors (Lipinski definition) is 3. The molecule has 2 aromatic rings. The highest BCUT2D eigenvalue weighted by atomic mass is 19.1. The number of benzene rings is 2. The first-order chi connectivity index (χ1) is 14.0. The van der Waals surface area contributed by atoms with Crippen LogP contribution in [0.25, 0.3) is 6.08 Å². The van der Waals surface area contributed by atoms with Crippen molar-refractivity contribution in [1.82, 2.24) is 10.2 Å². The number of likely N-dealkylation sites (tertiary alicyclic amines) is 1. The van der Waals surface area contributed by atoms with Crippen LogP contribution in [0.4, 0.5) is 4.39 Å². The lowest BCUT2D eigenvalue weighted by atomic mass is 9.97. The highest BCUT2D eigenvalue weighted by Gasteiger charge is 2.23. The Hall–Kier alpha value is -2.99. The summed E-state index contributed by atoms with van der Waals surface area (Å²) in [7, 11) is 0. The first-order valence-corrected chi connectivity index (χ1v) is 9.80. The molecule has 29 heavy (non-hydrogen) atoms. The maximum absolute atomic E-state index is 12.9. The van der Waals surface area contributed by atoms with Crippen molar-refractivity contribution in [2.75, 3.05) is 13.1 Å². The van der Waals surface area contributed by atoms with Crippen LogP contribution in [-0.2, 0) is 22.7 Å². The Kier molecular flexibility index (Phi) is 7.14. The van der Waals surface area contributed by atoms with E-state index in [9.17, 15) is 14.0 Å². The minimum absolute atomic E-state index is 0.0703. The molecule has 1 heterocycles. The van der Waals surface area contributed by atoms with Gasteiger partial charge in [-0.2, -0.15) is 0 Å². The maximum Gasteiger partial charge on any atom is 0.244 e. The van der Waals surface area contributed by atoms with Crippen LogP contribution in [0, 0.1) is 11.7 Å². The van der Waals surface area contributed by atoms with E-state index < -0.39 is 0 Å². The minimum Gasteiger partial charge on any atom is -0.369 e. The highest BCUT2D eigenvalue weighted by molar-refractivity contribution is 5.91. The number of amides is 2. The van der Waals surface area contributed by atoms with E-state index in [0.29, 0.717) is 13.1 Å². The van der Waals surface area contributed by atoms with Crippen LogP contribution in [0.3, 0.4) is 0 Å². The van der Waals surface area contributed by atoms with Gasteiger partial charge < -0.3 is 11.1 Å². The molecule has 2 aromatic carbocycles. The lowest BCUT2D eigenvalue weighted by Gasteiger charge is -2.31. The first-order valence-electron chi connectivity index (χ1n) is 9.80. The molecular formula is C23H26FN3O2. The van der Waals surface area contributed by atoms with Crippen molar-refractivity contribution < 1.29 is 14.0 Å². The lowest BCUT2D eigenvalue weighted by Crippen LogP contribution is -2.40. The number of nitrogens with two attached hydrogens (primary N) is 1. The number of halogens is 1. The predicted octanol–water partition coefficient (Wildman–Crippen LogP) is 2.85. The fraction of sp³-hybridized carbons (Fsp3) is 0.304. The fourth-order valence-corrected chi connectivity index (χ4v) is 3.52. The van der Waals surface area contributed by atoms with E-state index in [-0.39, 0.29) is 23.5 Å². The van der Waals surface area contributed by atoms with Gasteiger partial charge in [-0.15, -0.1) is 0 Å². The molecule has 1 unspecified atom stereocenters. The molecule has 1 saturated heterocycles. The maximum atomic E-state index is 12.9. The van der Waals surface area contributed by atoms with Crippen LogP contribution in [0.1, 0.15) is 29.5 Å². The zero-order valence-electron chi connectivity index (χ0n) is 16.3. The number of primary amides is 1. The number of carbonyl (C=O) groups is 2. The summed E-state index contributed by atoms with van der Waals surface area (Å²) in [4.78, 5) is 25.7. The normalized spacial score (nSPS) is 17.3. The van der Waals surface area contributed by atoms with E-state index in [1.54, 1.807) is 18.2 Å². The molecular weight excluding hydrogens is 369 g/mol. The van der Waals surface area contributed by atoms with Crippen LogP contribution in [0.5, 0.6) is 0 Å². The number of rotatable bonds is 7. The molecule has 1 atom stereocenters. The molecule has 5 nitrogen and oxygen atoms in total. The van der Waals surface area contributed by atoms with Gasteiger partial charge in [-0.3, -0.25) is 14.5 Å². The summed E-state index contributed by atoms with van der Waals surface area (Å²) in [5.41, 5.74) is 8.37. The Morgan fingerprint density at radius 2 is 1.93 bits per heavy atom. The van der Waals surface area contributed by atoms with Gasteiger partial charge in [-0.1, -0.05) is 36.4 Å². The quantitative estimate of drug-likeness (QED) is 0.708. The van der Waals surface area contributed by atoms with E-state index in [2.05, 4.69) is 16.3 Å². The average molecular weight is 395 g/mol. The molecule has 0 saturated carbocycles. The Morgan fingerprint density at radius 3 is 2.69 bits per heavy atom. The molecule has 3 N–H and O–H groups in total. The van der Waals surface area contributed by atoms with Crippen LogP contribution in [0.15, 0.2) is 54.6 Å². The van der Waals surface area contributed by atoms with Crippen molar-refractivity contribution in [3.05, 3.63) is 77.1 Å². The third-order valence-electron chi connectivity index (χ3n) is 5.07. The van der Waals surface area contributed by atoms with Gasteiger partial charge in [0.05, 0.1) is 5.92 Å². The predicted molar refractivity (Wildman–Crippen MR) is 111 cm³/mol. The monoisotopic (exact) mass is 395 g/mol. The Labute approximate surface area is 170 Å². The number of carbonyl (C=O) groups excluding carboxylic acids is 2. The largest absolute Gasteiger partial charge is 0.369 e. The Morgan fingerprint density at radius 1 is 1.17 bits per heavy atom. The molecule has 0 spiro atoms. The minimum atomic E-state index is -0.304. The summed E-state index contributed by atoms with van der Waals surface area (Å²) in [6.07, 6.45) is 4.93. The summed E-state index contributed by atoms with van der Waals surface area (Å²) >= 11 is 0. The van der Waals surface area contributed by atoms with Gasteiger partial charge in [0, 0.05) is 25.7 Å². The molecule has 0 bridgehead atoms. The fourth-order valence-electron chi connectivity index (χ4n) is 3.52. The van der Waals surface area contributed by atoms with E-state index in [1.165, 1.54) is 18.2 Å². The molecule has 2 amide bonds. The van der Waals surface area contributed by atoms with Gasteiger partial charge in [0.15, 0.2) is 0 Å². The molecule has 1 aliphatic heterocycles. The molecule has 1 aliphatic rings. The first kappa shape index (κ1) is 20.7. The SMILES string of the molecule is NC(=O)C1CCCN(Cc2cccc(CNC(=O)C=Cc3ccc(F)cc3)c2)C1. The summed E-state index contributed by atoms with van der Waals surface area (Å²) in [6.45, 7) is 2.84. The zero-order valence-corrected chi connectivity index (χ0v) is 16.3. The molecule has 3 rings (SSSR count). The molecule has 0 aromatic heterocycles. The van der Waals surface area contributed by atoms with E-state index >= 15 is 0 Å². The molecule has 152 valence electrons. The third kappa shape index (κ3) is 6.54. The van der Waals surface area contributed by atoms with Gasteiger partial charge >= 0.3 is 0 Å². The van der Waals surface area contributed by atoms with Crippen molar-refractivity contribution in [2.24, 2.45) is 11.7 Å². The van der Waals surface area contributed by atoms with Gasteiger partial charge in [0.1, 0.15) is 5.82 Å². The topological polar surface area (TPSA) is 75.4 Å². The summed E-state index contributed by atoms with van der Waals surface area (Å²) in [5.74, 6) is -0.805. The summed E-state index contributed by atoms with van der Waals surface area (Å²) in [6, 6.07) is 14.0. The highest BCUT2D eigenvalue weighted by Crippen LogP contribution is 2.18. The van der Waals surface area contributed by atoms with Gasteiger partial charge in [0.25, 0.3) is 0 Å². The van der Waals surface area contributed by atoms with Gasteiger partial charge in [-0.25, -0.2) is 4.39 Å². The number of piperidine rings is 1. The number of nitrogens with zero attached hydrogens (tertiary/aromatic N) is 1. The number of nitrogens with one attached hydrogen (secondary N) is 1. The second-order valence-electron chi connectivity index (χ2n) is 7.40.